The van der Waals surface area contributed by atoms with Gasteiger partial charge < -0.3 is 10.1 Å². The van der Waals surface area contributed by atoms with Crippen LogP contribution < -0.4 is 10.6 Å². The van der Waals surface area contributed by atoms with Crippen molar-refractivity contribution in [3.8, 4) is 0 Å². The molecule has 2 aliphatic rings. The third-order valence-corrected chi connectivity index (χ3v) is 3.55. The summed E-state index contributed by atoms with van der Waals surface area (Å²) < 4.78 is 5.20. The van der Waals surface area contributed by atoms with Gasteiger partial charge in [0.15, 0.2) is 0 Å². The van der Waals surface area contributed by atoms with Crippen molar-refractivity contribution in [2.24, 2.45) is 11.8 Å². The highest BCUT2D eigenvalue weighted by Gasteiger charge is 2.27. The fraction of sp³-hybridized carbons (Fsp3) is 0.833. The number of amides is 2. The smallest absolute Gasteiger partial charge is 0.229 e. The van der Waals surface area contributed by atoms with Crippen LogP contribution in [0.1, 0.15) is 25.7 Å². The maximum atomic E-state index is 11.9. The van der Waals surface area contributed by atoms with Gasteiger partial charge in [-0.05, 0) is 38.8 Å². The first-order valence-electron chi connectivity index (χ1n) is 6.40. The maximum absolute atomic E-state index is 11.9. The van der Waals surface area contributed by atoms with Crippen molar-refractivity contribution in [1.82, 2.24) is 10.6 Å². The molecule has 0 aromatic rings. The molecule has 2 heterocycles. The van der Waals surface area contributed by atoms with Crippen LogP contribution in [0, 0.1) is 11.8 Å². The summed E-state index contributed by atoms with van der Waals surface area (Å²) in [6.07, 6.45) is 3.11. The minimum Gasteiger partial charge on any atom is -0.381 e. The zero-order chi connectivity index (χ0) is 12.1. The van der Waals surface area contributed by atoms with Crippen LogP contribution in [0.15, 0.2) is 0 Å². The lowest BCUT2D eigenvalue weighted by Crippen LogP contribution is -2.43. The van der Waals surface area contributed by atoms with E-state index in [1.807, 2.05) is 0 Å². The van der Waals surface area contributed by atoms with E-state index in [1.165, 1.54) is 0 Å². The van der Waals surface area contributed by atoms with Crippen molar-refractivity contribution in [3.05, 3.63) is 0 Å². The number of hydrogen-bond donors (Lipinski definition) is 2. The number of hydrogen-bond acceptors (Lipinski definition) is 4. The molecule has 0 atom stereocenters. The SMILES string of the molecule is O=C(NC(=O)C1CCOCC1)C1CCNCC1. The van der Waals surface area contributed by atoms with Gasteiger partial charge in [-0.15, -0.1) is 0 Å². The Hall–Kier alpha value is -0.940. The summed E-state index contributed by atoms with van der Waals surface area (Å²) in [5.74, 6) is -0.255. The molecule has 0 saturated carbocycles. The van der Waals surface area contributed by atoms with Crippen LogP contribution in [0.2, 0.25) is 0 Å². The first-order chi connectivity index (χ1) is 8.27. The molecule has 2 N–H and O–H groups in total. The van der Waals surface area contributed by atoms with Gasteiger partial charge in [0, 0.05) is 25.0 Å². The lowest BCUT2D eigenvalue weighted by atomic mass is 9.95. The van der Waals surface area contributed by atoms with Gasteiger partial charge in [0.2, 0.25) is 11.8 Å². The number of piperidine rings is 1. The average molecular weight is 240 g/mol. The highest BCUT2D eigenvalue weighted by molar-refractivity contribution is 5.97. The molecular formula is C12H20N2O3. The summed E-state index contributed by atoms with van der Waals surface area (Å²) >= 11 is 0. The molecule has 2 saturated heterocycles. The van der Waals surface area contributed by atoms with E-state index in [1.54, 1.807) is 0 Å². The Labute approximate surface area is 101 Å². The highest BCUT2D eigenvalue weighted by atomic mass is 16.5. The second-order valence-corrected chi connectivity index (χ2v) is 4.76. The van der Waals surface area contributed by atoms with Crippen LogP contribution in [0.4, 0.5) is 0 Å². The fourth-order valence-electron chi connectivity index (χ4n) is 2.37. The van der Waals surface area contributed by atoms with Crippen molar-refractivity contribution < 1.29 is 14.3 Å². The summed E-state index contributed by atoms with van der Waals surface area (Å²) in [4.78, 5) is 23.7. The van der Waals surface area contributed by atoms with Gasteiger partial charge in [-0.3, -0.25) is 14.9 Å². The molecule has 0 aromatic heterocycles. The van der Waals surface area contributed by atoms with E-state index >= 15 is 0 Å². The summed E-state index contributed by atoms with van der Waals surface area (Å²) in [6.45, 7) is 2.98. The zero-order valence-corrected chi connectivity index (χ0v) is 10.0. The minimum atomic E-state index is -0.114. The number of rotatable bonds is 2. The molecule has 17 heavy (non-hydrogen) atoms. The van der Waals surface area contributed by atoms with E-state index in [2.05, 4.69) is 10.6 Å². The van der Waals surface area contributed by atoms with Crippen LogP contribution in [0.5, 0.6) is 0 Å². The summed E-state index contributed by atoms with van der Waals surface area (Å²) in [7, 11) is 0. The van der Waals surface area contributed by atoms with Gasteiger partial charge in [0.25, 0.3) is 0 Å². The molecular weight excluding hydrogens is 220 g/mol. The largest absolute Gasteiger partial charge is 0.381 e. The van der Waals surface area contributed by atoms with Gasteiger partial charge >= 0.3 is 0 Å². The van der Waals surface area contributed by atoms with Gasteiger partial charge in [-0.2, -0.15) is 0 Å². The van der Waals surface area contributed by atoms with Gasteiger partial charge in [-0.25, -0.2) is 0 Å². The van der Waals surface area contributed by atoms with Crippen molar-refractivity contribution in [1.29, 1.82) is 0 Å². The molecule has 0 aromatic carbocycles. The Bertz CT molecular complexity index is 253. The van der Waals surface area contributed by atoms with E-state index < -0.39 is 0 Å². The predicted molar refractivity (Wildman–Crippen MR) is 62.3 cm³/mol. The standard InChI is InChI=1S/C12H20N2O3/c15-11(9-1-5-13-6-2-9)14-12(16)10-3-7-17-8-4-10/h9-10,13H,1-8H2,(H,14,15,16). The zero-order valence-electron chi connectivity index (χ0n) is 10.0. The summed E-state index contributed by atoms with van der Waals surface area (Å²) in [5, 5.41) is 5.76. The Balaban J connectivity index is 1.78. The third-order valence-electron chi connectivity index (χ3n) is 3.55. The molecule has 0 spiro atoms. The van der Waals surface area contributed by atoms with Crippen molar-refractivity contribution >= 4 is 11.8 Å². The Morgan fingerprint density at radius 3 is 2.06 bits per heavy atom. The molecule has 0 aliphatic carbocycles. The molecule has 2 amide bonds. The van der Waals surface area contributed by atoms with E-state index in [0.29, 0.717) is 13.2 Å². The number of imide groups is 1. The normalized spacial score (nSPS) is 23.3. The van der Waals surface area contributed by atoms with E-state index in [0.717, 1.165) is 38.8 Å². The van der Waals surface area contributed by atoms with Crippen molar-refractivity contribution in [2.75, 3.05) is 26.3 Å². The molecule has 2 fully saturated rings. The first kappa shape index (κ1) is 12.5. The van der Waals surface area contributed by atoms with Crippen molar-refractivity contribution in [3.63, 3.8) is 0 Å². The molecule has 0 unspecified atom stereocenters. The first-order valence-corrected chi connectivity index (χ1v) is 6.40. The van der Waals surface area contributed by atoms with E-state index in [4.69, 9.17) is 4.74 Å². The highest BCUT2D eigenvalue weighted by Crippen LogP contribution is 2.16. The average Bonchev–Trinajstić information content (AvgIpc) is 2.40. The lowest BCUT2D eigenvalue weighted by molar-refractivity contribution is -0.136. The van der Waals surface area contributed by atoms with Gasteiger partial charge in [0.1, 0.15) is 0 Å². The van der Waals surface area contributed by atoms with Crippen molar-refractivity contribution in [2.45, 2.75) is 25.7 Å². The van der Waals surface area contributed by atoms with Crippen LogP contribution in [-0.4, -0.2) is 38.1 Å². The summed E-state index contributed by atoms with van der Waals surface area (Å²) in [6, 6.07) is 0. The van der Waals surface area contributed by atoms with Crippen LogP contribution in [-0.2, 0) is 14.3 Å². The Morgan fingerprint density at radius 2 is 1.47 bits per heavy atom. The quantitative estimate of drug-likeness (QED) is 0.670. The molecule has 5 nitrogen and oxygen atoms in total. The molecule has 2 aliphatic heterocycles. The fourth-order valence-corrected chi connectivity index (χ4v) is 2.37. The van der Waals surface area contributed by atoms with Gasteiger partial charge in [0.05, 0.1) is 0 Å². The molecule has 96 valence electrons. The minimum absolute atomic E-state index is 0.0000376. The molecule has 2 rings (SSSR count). The molecule has 0 bridgehead atoms. The number of carbonyl (C=O) groups excluding carboxylic acids is 2. The number of ether oxygens (including phenoxy) is 1. The molecule has 0 radical (unpaired) electrons. The van der Waals surface area contributed by atoms with E-state index in [9.17, 15) is 9.59 Å². The predicted octanol–water partition coefficient (Wildman–Crippen LogP) is 0.0554. The molecule has 5 heteroatoms. The van der Waals surface area contributed by atoms with Gasteiger partial charge in [-0.1, -0.05) is 0 Å². The Kier molecular flexibility index (Phi) is 4.50. The summed E-state index contributed by atoms with van der Waals surface area (Å²) in [5.41, 5.74) is 0. The van der Waals surface area contributed by atoms with Crippen LogP contribution in [0.25, 0.3) is 0 Å². The number of carbonyl (C=O) groups is 2. The van der Waals surface area contributed by atoms with E-state index in [-0.39, 0.29) is 23.7 Å². The topological polar surface area (TPSA) is 67.4 Å². The second kappa shape index (κ2) is 6.12. The van der Waals surface area contributed by atoms with Crippen LogP contribution in [0.3, 0.4) is 0 Å². The lowest BCUT2D eigenvalue weighted by Gasteiger charge is -2.24. The monoisotopic (exact) mass is 240 g/mol. The third kappa shape index (κ3) is 3.51. The Morgan fingerprint density at radius 1 is 0.941 bits per heavy atom. The second-order valence-electron chi connectivity index (χ2n) is 4.76. The maximum Gasteiger partial charge on any atom is 0.229 e. The van der Waals surface area contributed by atoms with Crippen LogP contribution >= 0.6 is 0 Å². The number of nitrogens with one attached hydrogen (secondary N) is 2.